The summed E-state index contributed by atoms with van der Waals surface area (Å²) in [5.74, 6) is 1.16. The number of hydrogen-bond acceptors (Lipinski definition) is 4. The second kappa shape index (κ2) is 5.85. The summed E-state index contributed by atoms with van der Waals surface area (Å²) in [5, 5.41) is 0.435. The van der Waals surface area contributed by atoms with Gasteiger partial charge in [0.15, 0.2) is 0 Å². The molecule has 1 fully saturated rings. The van der Waals surface area contributed by atoms with E-state index in [1.54, 1.807) is 0 Å². The van der Waals surface area contributed by atoms with Gasteiger partial charge in [0.25, 0.3) is 0 Å². The second-order valence-electron chi connectivity index (χ2n) is 3.95. The fourth-order valence-electron chi connectivity index (χ4n) is 1.93. The Hall–Kier alpha value is -0.580. The van der Waals surface area contributed by atoms with Crippen LogP contribution in [0.3, 0.4) is 0 Å². The second-order valence-corrected chi connectivity index (χ2v) is 4.57. The summed E-state index contributed by atoms with van der Waals surface area (Å²) >= 11 is 11.9. The first-order valence-electron chi connectivity index (χ1n) is 5.68. The predicted molar refractivity (Wildman–Crippen MR) is 68.8 cm³/mol. The first-order chi connectivity index (χ1) is 8.26. The third-order valence-corrected chi connectivity index (χ3v) is 3.49. The number of hydrogen-bond donors (Lipinski definition) is 0. The molecule has 2 heterocycles. The maximum absolute atomic E-state index is 6.03. The normalized spacial score (nSPS) is 20.6. The lowest BCUT2D eigenvalue weighted by atomic mass is 10.2. The SMILES string of the molecule is CCC1CN(c2ncnc(Cl)c2CCl)CCO1. The van der Waals surface area contributed by atoms with Crippen molar-refractivity contribution in [2.45, 2.75) is 25.3 Å². The number of rotatable bonds is 3. The summed E-state index contributed by atoms with van der Waals surface area (Å²) < 4.78 is 5.63. The number of aromatic nitrogens is 2. The smallest absolute Gasteiger partial charge is 0.138 e. The maximum atomic E-state index is 6.03. The molecule has 0 aromatic carbocycles. The lowest BCUT2D eigenvalue weighted by molar-refractivity contribution is 0.0381. The molecule has 17 heavy (non-hydrogen) atoms. The molecule has 4 nitrogen and oxygen atoms in total. The van der Waals surface area contributed by atoms with Crippen LogP contribution in [0.2, 0.25) is 5.15 Å². The minimum Gasteiger partial charge on any atom is -0.375 e. The third-order valence-electron chi connectivity index (χ3n) is 2.90. The summed E-state index contributed by atoms with van der Waals surface area (Å²) in [6.45, 7) is 4.47. The Labute approximate surface area is 111 Å². The van der Waals surface area contributed by atoms with E-state index in [1.165, 1.54) is 6.33 Å². The van der Waals surface area contributed by atoms with E-state index in [4.69, 9.17) is 27.9 Å². The minimum absolute atomic E-state index is 0.251. The highest BCUT2D eigenvalue weighted by atomic mass is 35.5. The summed E-state index contributed by atoms with van der Waals surface area (Å²) in [6, 6.07) is 0. The van der Waals surface area contributed by atoms with Gasteiger partial charge in [-0.15, -0.1) is 11.6 Å². The molecule has 0 saturated carbocycles. The lowest BCUT2D eigenvalue weighted by Gasteiger charge is -2.34. The highest BCUT2D eigenvalue weighted by molar-refractivity contribution is 6.31. The molecule has 2 rings (SSSR count). The van der Waals surface area contributed by atoms with Crippen molar-refractivity contribution >= 4 is 29.0 Å². The Kier molecular flexibility index (Phi) is 4.42. The zero-order valence-electron chi connectivity index (χ0n) is 9.70. The Bertz CT molecular complexity index is 389. The van der Waals surface area contributed by atoms with Gasteiger partial charge >= 0.3 is 0 Å². The topological polar surface area (TPSA) is 38.2 Å². The van der Waals surface area contributed by atoms with E-state index in [9.17, 15) is 0 Å². The third kappa shape index (κ3) is 2.81. The quantitative estimate of drug-likeness (QED) is 0.628. The molecule has 1 aliphatic heterocycles. The Morgan fingerprint density at radius 2 is 2.35 bits per heavy atom. The van der Waals surface area contributed by atoms with Crippen LogP contribution in [0.1, 0.15) is 18.9 Å². The highest BCUT2D eigenvalue weighted by Crippen LogP contribution is 2.26. The number of alkyl halides is 1. The summed E-state index contributed by atoms with van der Waals surface area (Å²) in [6.07, 6.45) is 2.72. The average Bonchev–Trinajstić information content (AvgIpc) is 2.38. The number of halogens is 2. The molecule has 1 aliphatic rings. The van der Waals surface area contributed by atoms with Crippen LogP contribution in [0.15, 0.2) is 6.33 Å². The van der Waals surface area contributed by atoms with Gasteiger partial charge in [0, 0.05) is 18.7 Å². The van der Waals surface area contributed by atoms with Gasteiger partial charge in [0.1, 0.15) is 17.3 Å². The van der Waals surface area contributed by atoms with Crippen LogP contribution in [-0.2, 0) is 10.6 Å². The number of nitrogens with zero attached hydrogens (tertiary/aromatic N) is 3. The average molecular weight is 276 g/mol. The van der Waals surface area contributed by atoms with Crippen LogP contribution in [0.4, 0.5) is 5.82 Å². The van der Waals surface area contributed by atoms with Crippen LogP contribution >= 0.6 is 23.2 Å². The molecule has 0 radical (unpaired) electrons. The van der Waals surface area contributed by atoms with Gasteiger partial charge in [-0.3, -0.25) is 0 Å². The van der Waals surface area contributed by atoms with E-state index >= 15 is 0 Å². The molecule has 1 saturated heterocycles. The van der Waals surface area contributed by atoms with Crippen LogP contribution in [0, 0.1) is 0 Å². The highest BCUT2D eigenvalue weighted by Gasteiger charge is 2.23. The monoisotopic (exact) mass is 275 g/mol. The molecular weight excluding hydrogens is 261 g/mol. The van der Waals surface area contributed by atoms with Gasteiger partial charge in [-0.25, -0.2) is 9.97 Å². The van der Waals surface area contributed by atoms with Crippen LogP contribution < -0.4 is 4.90 Å². The van der Waals surface area contributed by atoms with E-state index in [0.29, 0.717) is 17.6 Å². The van der Waals surface area contributed by atoms with Crippen LogP contribution in [0.25, 0.3) is 0 Å². The molecule has 94 valence electrons. The van der Waals surface area contributed by atoms with E-state index < -0.39 is 0 Å². The fraction of sp³-hybridized carbons (Fsp3) is 0.636. The number of morpholine rings is 1. The largest absolute Gasteiger partial charge is 0.375 e. The molecule has 0 spiro atoms. The van der Waals surface area contributed by atoms with Gasteiger partial charge in [0.2, 0.25) is 0 Å². The van der Waals surface area contributed by atoms with Gasteiger partial charge in [-0.05, 0) is 6.42 Å². The first kappa shape index (κ1) is 12.9. The maximum Gasteiger partial charge on any atom is 0.138 e. The van der Waals surface area contributed by atoms with Crippen molar-refractivity contribution in [3.63, 3.8) is 0 Å². The van der Waals surface area contributed by atoms with Crippen molar-refractivity contribution < 1.29 is 4.74 Å². The van der Waals surface area contributed by atoms with Gasteiger partial charge in [0.05, 0.1) is 18.6 Å². The van der Waals surface area contributed by atoms with E-state index in [1.807, 2.05) is 0 Å². The van der Waals surface area contributed by atoms with Crippen molar-refractivity contribution in [1.29, 1.82) is 0 Å². The van der Waals surface area contributed by atoms with Gasteiger partial charge < -0.3 is 9.64 Å². The molecule has 1 atom stereocenters. The zero-order valence-corrected chi connectivity index (χ0v) is 11.2. The molecular formula is C11H15Cl2N3O. The van der Waals surface area contributed by atoms with Crippen molar-refractivity contribution in [3.05, 3.63) is 17.0 Å². The summed E-state index contributed by atoms with van der Waals surface area (Å²) in [7, 11) is 0. The molecule has 1 aromatic heterocycles. The molecule has 1 aromatic rings. The Morgan fingerprint density at radius 3 is 3.06 bits per heavy atom. The lowest BCUT2D eigenvalue weighted by Crippen LogP contribution is -2.43. The Balaban J connectivity index is 2.24. The number of anilines is 1. The van der Waals surface area contributed by atoms with E-state index in [-0.39, 0.29) is 6.10 Å². The molecule has 0 aliphatic carbocycles. The van der Waals surface area contributed by atoms with Gasteiger partial charge in [-0.1, -0.05) is 18.5 Å². The van der Waals surface area contributed by atoms with Crippen LogP contribution in [-0.4, -0.2) is 35.8 Å². The molecule has 0 amide bonds. The molecule has 1 unspecified atom stereocenters. The summed E-state index contributed by atoms with van der Waals surface area (Å²) in [5.41, 5.74) is 0.799. The van der Waals surface area contributed by atoms with Crippen molar-refractivity contribution in [1.82, 2.24) is 9.97 Å². The first-order valence-corrected chi connectivity index (χ1v) is 6.59. The zero-order chi connectivity index (χ0) is 12.3. The fourth-order valence-corrected chi connectivity index (χ4v) is 2.44. The minimum atomic E-state index is 0.251. The van der Waals surface area contributed by atoms with Gasteiger partial charge in [-0.2, -0.15) is 0 Å². The van der Waals surface area contributed by atoms with Crippen LogP contribution in [0.5, 0.6) is 0 Å². The van der Waals surface area contributed by atoms with E-state index in [2.05, 4.69) is 21.8 Å². The Morgan fingerprint density at radius 1 is 1.53 bits per heavy atom. The van der Waals surface area contributed by atoms with Crippen molar-refractivity contribution in [2.24, 2.45) is 0 Å². The molecule has 6 heteroatoms. The van der Waals surface area contributed by atoms with Crippen molar-refractivity contribution in [3.8, 4) is 0 Å². The standard InChI is InChI=1S/C11H15Cl2N3O/c1-2-8-6-16(3-4-17-8)11-9(5-12)10(13)14-7-15-11/h7-8H,2-6H2,1H3. The number of ether oxygens (including phenoxy) is 1. The van der Waals surface area contributed by atoms with E-state index in [0.717, 1.165) is 30.9 Å². The molecule has 0 bridgehead atoms. The summed E-state index contributed by atoms with van der Waals surface area (Å²) in [4.78, 5) is 10.4. The molecule has 0 N–H and O–H groups in total. The van der Waals surface area contributed by atoms with Crippen molar-refractivity contribution in [2.75, 3.05) is 24.6 Å². The predicted octanol–water partition coefficient (Wildman–Crippen LogP) is 2.48.